The topological polar surface area (TPSA) is 50.1 Å². The molecule has 4 heteroatoms. The van der Waals surface area contributed by atoms with Crippen LogP contribution in [-0.4, -0.2) is 20.7 Å². The molecule has 1 unspecified atom stereocenters. The van der Waals surface area contributed by atoms with Gasteiger partial charge in [-0.1, -0.05) is 37.5 Å². The minimum absolute atomic E-state index is 0.333. The Morgan fingerprint density at radius 1 is 1.50 bits per heavy atom. The van der Waals surface area contributed by atoms with E-state index in [1.807, 2.05) is 0 Å². The molecule has 90 valence electrons. The third-order valence-electron chi connectivity index (χ3n) is 3.57. The lowest BCUT2D eigenvalue weighted by Gasteiger charge is -2.21. The van der Waals surface area contributed by atoms with Gasteiger partial charge < -0.3 is 4.74 Å². The lowest BCUT2D eigenvalue weighted by atomic mass is 10.1. The van der Waals surface area contributed by atoms with Gasteiger partial charge in [-0.05, 0) is 13.3 Å². The fourth-order valence-corrected chi connectivity index (χ4v) is 6.39. The number of nitrogens with zero attached hydrogens (tertiary/aromatic N) is 1. The lowest BCUT2D eigenvalue weighted by Crippen LogP contribution is -2.27. The predicted molar refractivity (Wildman–Crippen MR) is 65.6 cm³/mol. The van der Waals surface area contributed by atoms with Gasteiger partial charge in [0.2, 0.25) is 0 Å². The molecule has 1 rings (SSSR count). The van der Waals surface area contributed by atoms with Crippen molar-refractivity contribution < 1.29 is 9.53 Å². The van der Waals surface area contributed by atoms with Crippen molar-refractivity contribution in [3.63, 3.8) is 0 Å². The van der Waals surface area contributed by atoms with E-state index in [1.165, 1.54) is 24.9 Å². The van der Waals surface area contributed by atoms with E-state index >= 15 is 0 Å². The number of ether oxygens (including phenoxy) is 1. The van der Waals surface area contributed by atoms with Crippen LogP contribution in [0.5, 0.6) is 0 Å². The maximum atomic E-state index is 11.5. The average Bonchev–Trinajstić information content (AvgIpc) is 2.67. The van der Waals surface area contributed by atoms with Crippen molar-refractivity contribution in [2.24, 2.45) is 5.92 Å². The Hall–Kier alpha value is -0.823. The van der Waals surface area contributed by atoms with Crippen molar-refractivity contribution in [3.8, 4) is 6.07 Å². The Balaban J connectivity index is 2.39. The lowest BCUT2D eigenvalue weighted by molar-refractivity contribution is -0.146. The van der Waals surface area contributed by atoms with Crippen LogP contribution < -0.4 is 0 Å². The molecule has 1 fully saturated rings. The van der Waals surface area contributed by atoms with Gasteiger partial charge in [0.15, 0.2) is 0 Å². The van der Waals surface area contributed by atoms with Crippen molar-refractivity contribution in [1.82, 2.24) is 0 Å². The first-order valence-corrected chi connectivity index (χ1v) is 9.30. The van der Waals surface area contributed by atoms with Crippen LogP contribution in [0.1, 0.15) is 26.2 Å². The molecule has 0 spiro atoms. The molecule has 1 aliphatic rings. The summed E-state index contributed by atoms with van der Waals surface area (Å²) in [6.45, 7) is 4.55. The molecular weight excluding hydrogens is 218 g/mol. The molecule has 0 aromatic heterocycles. The van der Waals surface area contributed by atoms with Crippen LogP contribution in [0.3, 0.4) is 0 Å². The summed E-state index contributed by atoms with van der Waals surface area (Å²) in [4.78, 5) is 11.5. The number of nitriles is 1. The molecule has 0 bridgehead atoms. The van der Waals surface area contributed by atoms with Crippen molar-refractivity contribution >= 4 is 14.0 Å². The number of hydrogen-bond acceptors (Lipinski definition) is 3. The molecule has 0 aromatic carbocycles. The summed E-state index contributed by atoms with van der Waals surface area (Å²) in [5.41, 5.74) is 0. The molecule has 0 radical (unpaired) electrons. The summed E-state index contributed by atoms with van der Waals surface area (Å²) in [6, 6.07) is 5.91. The Morgan fingerprint density at radius 2 is 2.12 bits per heavy atom. The molecule has 1 aliphatic heterocycles. The smallest absolute Gasteiger partial charge is 0.323 e. The number of carbonyl (C=O) groups excluding carboxylic acids is 1. The zero-order valence-electron chi connectivity index (χ0n) is 10.3. The molecule has 0 aromatic rings. The van der Waals surface area contributed by atoms with Crippen LogP contribution in [0.15, 0.2) is 0 Å². The summed E-state index contributed by atoms with van der Waals surface area (Å²) in [7, 11) is -1.09. The SMILES string of the molecule is CCOC(=O)C(C#N)CC[Si]1(C)CCCC1. The molecule has 0 aliphatic carbocycles. The van der Waals surface area contributed by atoms with Gasteiger partial charge in [-0.25, -0.2) is 0 Å². The highest BCUT2D eigenvalue weighted by Gasteiger charge is 2.32. The fourth-order valence-electron chi connectivity index (χ4n) is 2.45. The highest BCUT2D eigenvalue weighted by molar-refractivity contribution is 6.79. The van der Waals surface area contributed by atoms with E-state index in [0.29, 0.717) is 13.0 Å². The predicted octanol–water partition coefficient (Wildman–Crippen LogP) is 2.95. The zero-order valence-corrected chi connectivity index (χ0v) is 11.3. The van der Waals surface area contributed by atoms with E-state index in [9.17, 15) is 4.79 Å². The number of esters is 1. The fraction of sp³-hybridized carbons (Fsp3) is 0.833. The van der Waals surface area contributed by atoms with Crippen LogP contribution in [0.4, 0.5) is 0 Å². The van der Waals surface area contributed by atoms with Gasteiger partial charge in [0.05, 0.1) is 20.7 Å². The van der Waals surface area contributed by atoms with Gasteiger partial charge in [-0.15, -0.1) is 0 Å². The normalized spacial score (nSPS) is 20.1. The van der Waals surface area contributed by atoms with E-state index in [1.54, 1.807) is 6.92 Å². The largest absolute Gasteiger partial charge is 0.465 e. The van der Waals surface area contributed by atoms with Gasteiger partial charge >= 0.3 is 5.97 Å². The van der Waals surface area contributed by atoms with Gasteiger partial charge in [-0.2, -0.15) is 5.26 Å². The second-order valence-corrected chi connectivity index (χ2v) is 10.1. The van der Waals surface area contributed by atoms with E-state index in [-0.39, 0.29) is 5.97 Å². The molecule has 0 N–H and O–H groups in total. The van der Waals surface area contributed by atoms with E-state index in [2.05, 4.69) is 12.6 Å². The Bertz CT molecular complexity index is 279. The third kappa shape index (κ3) is 3.64. The monoisotopic (exact) mass is 239 g/mol. The number of hydrogen-bond donors (Lipinski definition) is 0. The average molecular weight is 239 g/mol. The van der Waals surface area contributed by atoms with Crippen LogP contribution in [-0.2, 0) is 9.53 Å². The van der Waals surface area contributed by atoms with Gasteiger partial charge in [-0.3, -0.25) is 4.79 Å². The second kappa shape index (κ2) is 6.05. The Morgan fingerprint density at radius 3 is 2.62 bits per heavy atom. The standard InChI is InChI=1S/C12H21NO2Si/c1-3-15-12(14)11(10-13)6-9-16(2)7-4-5-8-16/h11H,3-9H2,1-2H3. The maximum Gasteiger partial charge on any atom is 0.323 e. The molecule has 1 heterocycles. The Kier molecular flexibility index (Phi) is 5.00. The van der Waals surface area contributed by atoms with Crippen LogP contribution in [0.25, 0.3) is 0 Å². The molecule has 0 saturated carbocycles. The second-order valence-electron chi connectivity index (χ2n) is 4.99. The third-order valence-corrected chi connectivity index (χ3v) is 8.19. The molecule has 3 nitrogen and oxygen atoms in total. The van der Waals surface area contributed by atoms with Gasteiger partial charge in [0.25, 0.3) is 0 Å². The summed E-state index contributed by atoms with van der Waals surface area (Å²) in [5, 5.41) is 8.95. The Labute approximate surface area is 98.8 Å². The van der Waals surface area contributed by atoms with Gasteiger partial charge in [0.1, 0.15) is 5.92 Å². The summed E-state index contributed by atoms with van der Waals surface area (Å²) < 4.78 is 4.90. The first-order valence-electron chi connectivity index (χ1n) is 6.17. The number of carbonyl (C=O) groups is 1. The molecule has 16 heavy (non-hydrogen) atoms. The minimum Gasteiger partial charge on any atom is -0.465 e. The summed E-state index contributed by atoms with van der Waals surface area (Å²) >= 11 is 0. The van der Waals surface area contributed by atoms with E-state index < -0.39 is 14.0 Å². The van der Waals surface area contributed by atoms with Gasteiger partial charge in [0, 0.05) is 0 Å². The first kappa shape index (κ1) is 13.2. The van der Waals surface area contributed by atoms with Crippen LogP contribution in [0.2, 0.25) is 24.7 Å². The maximum absolute atomic E-state index is 11.5. The molecular formula is C12H21NO2Si. The molecule has 1 atom stereocenters. The van der Waals surface area contributed by atoms with Crippen molar-refractivity contribution in [2.75, 3.05) is 6.61 Å². The quantitative estimate of drug-likeness (QED) is 0.547. The van der Waals surface area contributed by atoms with Crippen LogP contribution >= 0.6 is 0 Å². The van der Waals surface area contributed by atoms with Crippen molar-refractivity contribution in [3.05, 3.63) is 0 Å². The molecule has 0 amide bonds. The van der Waals surface area contributed by atoms with E-state index in [0.717, 1.165) is 6.04 Å². The zero-order chi connectivity index (χ0) is 12.0. The summed E-state index contributed by atoms with van der Waals surface area (Å²) in [5.74, 6) is -0.870. The number of rotatable bonds is 5. The van der Waals surface area contributed by atoms with Crippen molar-refractivity contribution in [1.29, 1.82) is 5.26 Å². The van der Waals surface area contributed by atoms with Crippen molar-refractivity contribution in [2.45, 2.75) is 50.9 Å². The van der Waals surface area contributed by atoms with Crippen LogP contribution in [0, 0.1) is 17.2 Å². The highest BCUT2D eigenvalue weighted by atomic mass is 28.3. The molecule has 1 saturated heterocycles. The van der Waals surface area contributed by atoms with E-state index in [4.69, 9.17) is 10.00 Å². The minimum atomic E-state index is -1.09. The summed E-state index contributed by atoms with van der Waals surface area (Å²) in [6.07, 6.45) is 3.40. The highest BCUT2D eigenvalue weighted by Crippen LogP contribution is 2.35. The first-order chi connectivity index (χ1) is 7.61.